The van der Waals surface area contributed by atoms with Crippen LogP contribution in [0, 0.1) is 0 Å². The quantitative estimate of drug-likeness (QED) is 0.777. The van der Waals surface area contributed by atoms with Crippen LogP contribution < -0.4 is 8.92 Å². The van der Waals surface area contributed by atoms with Crippen molar-refractivity contribution in [3.63, 3.8) is 0 Å². The van der Waals surface area contributed by atoms with Crippen LogP contribution in [0.1, 0.15) is 5.56 Å². The molecule has 0 radical (unpaired) electrons. The Morgan fingerprint density at radius 3 is 2.06 bits per heavy atom. The van der Waals surface area contributed by atoms with Crippen LogP contribution in [0.5, 0.6) is 0 Å². The van der Waals surface area contributed by atoms with Crippen LogP contribution in [0.25, 0.3) is 0 Å². The summed E-state index contributed by atoms with van der Waals surface area (Å²) < 4.78 is 50.6. The zero-order valence-electron chi connectivity index (χ0n) is 9.15. The molecule has 0 spiro atoms. The van der Waals surface area contributed by atoms with Crippen molar-refractivity contribution in [2.24, 2.45) is 0 Å². The van der Waals surface area contributed by atoms with Gasteiger partial charge in [0.05, 0.1) is 0 Å². The summed E-state index contributed by atoms with van der Waals surface area (Å²) in [6.07, 6.45) is -4.40. The SMILES string of the molecule is O=[Se](c1ccccc1)c1cccc(C(F)(F)F)c1. The molecule has 5 heteroatoms. The van der Waals surface area contributed by atoms with E-state index in [1.54, 1.807) is 30.3 Å². The fraction of sp³-hybridized carbons (Fsp3) is 0.0769. The molecule has 0 aliphatic heterocycles. The summed E-state index contributed by atoms with van der Waals surface area (Å²) >= 11 is -2.62. The van der Waals surface area contributed by atoms with Gasteiger partial charge in [0, 0.05) is 0 Å². The minimum atomic E-state index is -4.40. The summed E-state index contributed by atoms with van der Waals surface area (Å²) in [6, 6.07) is 13.2. The Kier molecular flexibility index (Phi) is 3.64. The predicted molar refractivity (Wildman–Crippen MR) is 63.6 cm³/mol. The molecule has 0 saturated heterocycles. The van der Waals surface area contributed by atoms with Gasteiger partial charge in [-0.05, 0) is 0 Å². The number of benzene rings is 2. The van der Waals surface area contributed by atoms with Crippen molar-refractivity contribution in [1.82, 2.24) is 0 Å². The number of rotatable bonds is 2. The van der Waals surface area contributed by atoms with Crippen LogP contribution in [0.4, 0.5) is 13.2 Å². The van der Waals surface area contributed by atoms with Crippen LogP contribution in [-0.4, -0.2) is 13.8 Å². The van der Waals surface area contributed by atoms with E-state index in [1.807, 2.05) is 0 Å². The van der Waals surface area contributed by atoms with Gasteiger partial charge in [0.2, 0.25) is 0 Å². The predicted octanol–water partition coefficient (Wildman–Crippen LogP) is 2.24. The maximum atomic E-state index is 12.5. The third-order valence-electron chi connectivity index (χ3n) is 2.33. The van der Waals surface area contributed by atoms with E-state index < -0.39 is 25.6 Å². The number of halogens is 3. The molecular formula is C13H9F3OSe. The second-order valence-corrected chi connectivity index (χ2v) is 6.71. The van der Waals surface area contributed by atoms with Crippen molar-refractivity contribution in [3.8, 4) is 0 Å². The van der Waals surface area contributed by atoms with Crippen molar-refractivity contribution in [2.45, 2.75) is 6.18 Å². The van der Waals surface area contributed by atoms with Crippen LogP contribution >= 0.6 is 0 Å². The zero-order valence-corrected chi connectivity index (χ0v) is 10.9. The van der Waals surface area contributed by atoms with Crippen molar-refractivity contribution in [2.75, 3.05) is 0 Å². The molecule has 2 aromatic carbocycles. The van der Waals surface area contributed by atoms with Gasteiger partial charge < -0.3 is 0 Å². The first-order chi connectivity index (χ1) is 8.48. The average Bonchev–Trinajstić information content (AvgIpc) is 2.38. The number of hydrogen-bond donors (Lipinski definition) is 0. The van der Waals surface area contributed by atoms with E-state index in [0.717, 1.165) is 12.1 Å². The van der Waals surface area contributed by atoms with E-state index in [4.69, 9.17) is 0 Å². The zero-order chi connectivity index (χ0) is 13.2. The van der Waals surface area contributed by atoms with Crippen LogP contribution in [0.3, 0.4) is 0 Å². The summed E-state index contributed by atoms with van der Waals surface area (Å²) in [5.41, 5.74) is -0.763. The maximum absolute atomic E-state index is 12.5. The Labute approximate surface area is 106 Å². The van der Waals surface area contributed by atoms with Gasteiger partial charge in [-0.2, -0.15) is 0 Å². The molecule has 0 heterocycles. The average molecular weight is 317 g/mol. The van der Waals surface area contributed by atoms with E-state index in [9.17, 15) is 17.0 Å². The Balaban J connectivity index is 2.38. The molecule has 94 valence electrons. The molecule has 1 nitrogen and oxygen atoms in total. The molecule has 0 bridgehead atoms. The van der Waals surface area contributed by atoms with Gasteiger partial charge in [0.15, 0.2) is 0 Å². The van der Waals surface area contributed by atoms with Gasteiger partial charge >= 0.3 is 106 Å². The molecule has 0 aliphatic rings. The second kappa shape index (κ2) is 5.04. The summed E-state index contributed by atoms with van der Waals surface area (Å²) in [5.74, 6) is 0. The molecule has 0 saturated carbocycles. The fourth-order valence-corrected chi connectivity index (χ4v) is 3.80. The van der Waals surface area contributed by atoms with Crippen LogP contribution in [0.2, 0.25) is 0 Å². The van der Waals surface area contributed by atoms with Gasteiger partial charge in [-0.3, -0.25) is 0 Å². The van der Waals surface area contributed by atoms with Crippen LogP contribution in [0.15, 0.2) is 54.6 Å². The first kappa shape index (κ1) is 13.0. The monoisotopic (exact) mass is 318 g/mol. The molecule has 0 aliphatic carbocycles. The molecule has 2 aromatic rings. The summed E-state index contributed by atoms with van der Waals surface area (Å²) in [5, 5.41) is 0. The third kappa shape index (κ3) is 2.86. The van der Waals surface area contributed by atoms with Crippen molar-refractivity contribution in [3.05, 3.63) is 60.2 Å². The van der Waals surface area contributed by atoms with Gasteiger partial charge in [0.1, 0.15) is 0 Å². The Morgan fingerprint density at radius 1 is 0.833 bits per heavy atom. The first-order valence-corrected chi connectivity index (χ1v) is 7.54. The molecule has 1 atom stereocenters. The molecule has 0 amide bonds. The van der Waals surface area contributed by atoms with E-state index in [2.05, 4.69) is 0 Å². The third-order valence-corrected chi connectivity index (χ3v) is 5.23. The van der Waals surface area contributed by atoms with Gasteiger partial charge in [-0.25, -0.2) is 0 Å². The minimum absolute atomic E-state index is 0.246. The van der Waals surface area contributed by atoms with Crippen molar-refractivity contribution >= 4 is 22.8 Å². The molecule has 2 rings (SSSR count). The standard InChI is InChI=1S/C13H9F3OSe/c14-13(15,16)10-5-4-8-12(9-10)18(17)11-6-2-1-3-7-11/h1-9H. The summed E-state index contributed by atoms with van der Waals surface area (Å²) in [4.78, 5) is 0. The van der Waals surface area contributed by atoms with Crippen molar-refractivity contribution in [1.29, 1.82) is 0 Å². The fourth-order valence-electron chi connectivity index (χ4n) is 1.47. The molecule has 1 unspecified atom stereocenters. The van der Waals surface area contributed by atoms with Gasteiger partial charge in [-0.15, -0.1) is 0 Å². The molecule has 0 N–H and O–H groups in total. The second-order valence-electron chi connectivity index (χ2n) is 3.61. The molecular weight excluding hydrogens is 308 g/mol. The van der Waals surface area contributed by atoms with Gasteiger partial charge in [-0.1, -0.05) is 0 Å². The Morgan fingerprint density at radius 2 is 1.44 bits per heavy atom. The Bertz CT molecular complexity index is 564. The summed E-state index contributed by atoms with van der Waals surface area (Å²) in [7, 11) is 0. The summed E-state index contributed by atoms with van der Waals surface area (Å²) in [6.45, 7) is 0. The van der Waals surface area contributed by atoms with E-state index >= 15 is 0 Å². The van der Waals surface area contributed by atoms with E-state index in [1.165, 1.54) is 12.1 Å². The van der Waals surface area contributed by atoms with E-state index in [-0.39, 0.29) is 4.46 Å². The van der Waals surface area contributed by atoms with E-state index in [0.29, 0.717) is 4.46 Å². The first-order valence-electron chi connectivity index (χ1n) is 5.12. The van der Waals surface area contributed by atoms with Gasteiger partial charge in [0.25, 0.3) is 0 Å². The normalized spacial score (nSPS) is 13.3. The van der Waals surface area contributed by atoms with Crippen molar-refractivity contribution < 1.29 is 17.0 Å². The number of alkyl halides is 3. The Hall–Kier alpha value is -1.45. The number of hydrogen-bond acceptors (Lipinski definition) is 1. The molecule has 0 aromatic heterocycles. The molecule has 0 fully saturated rings. The topological polar surface area (TPSA) is 17.1 Å². The van der Waals surface area contributed by atoms with Crippen LogP contribution in [-0.2, 0) is 10.0 Å². The molecule has 18 heavy (non-hydrogen) atoms.